The minimum absolute atomic E-state index is 0.474. The first kappa shape index (κ1) is 12.0. The van der Waals surface area contributed by atoms with Gasteiger partial charge in [0, 0.05) is 12.0 Å². The Labute approximate surface area is 97.5 Å². The molecule has 0 saturated carbocycles. The molecule has 1 aromatic rings. The van der Waals surface area contributed by atoms with Gasteiger partial charge in [-0.3, -0.25) is 0 Å². The molecule has 0 unspecified atom stereocenters. The highest BCUT2D eigenvalue weighted by atomic mass is 79.9. The molecule has 15 heavy (non-hydrogen) atoms. The molecule has 0 saturated heterocycles. The topological polar surface area (TPSA) is 35.5 Å². The number of carbonyl (C=O) groups excluding carboxylic acids is 1. The average molecular weight is 273 g/mol. The summed E-state index contributed by atoms with van der Waals surface area (Å²) >= 11 is 3.44. The fraction of sp³-hybridized carbons (Fsp3) is 0.364. The molecule has 0 aliphatic rings. The molecule has 0 aliphatic carbocycles. The van der Waals surface area contributed by atoms with Crippen LogP contribution in [0.3, 0.4) is 0 Å². The number of benzene rings is 1. The maximum atomic E-state index is 10.4. The van der Waals surface area contributed by atoms with E-state index in [1.54, 1.807) is 14.2 Å². The van der Waals surface area contributed by atoms with Crippen molar-refractivity contribution < 1.29 is 14.3 Å². The van der Waals surface area contributed by atoms with Crippen LogP contribution in [0.1, 0.15) is 12.0 Å². The highest BCUT2D eigenvalue weighted by Crippen LogP contribution is 2.35. The van der Waals surface area contributed by atoms with Gasteiger partial charge in [-0.05, 0) is 34.5 Å². The first-order valence-electron chi connectivity index (χ1n) is 4.57. The molecule has 0 spiro atoms. The Morgan fingerprint density at radius 3 is 2.40 bits per heavy atom. The lowest BCUT2D eigenvalue weighted by molar-refractivity contribution is -0.107. The number of carbonyl (C=O) groups is 1. The van der Waals surface area contributed by atoms with Gasteiger partial charge < -0.3 is 14.3 Å². The van der Waals surface area contributed by atoms with E-state index in [9.17, 15) is 4.79 Å². The first-order valence-corrected chi connectivity index (χ1v) is 5.36. The summed E-state index contributed by atoms with van der Waals surface area (Å²) in [6.45, 7) is 0. The monoisotopic (exact) mass is 272 g/mol. The van der Waals surface area contributed by atoms with Gasteiger partial charge in [0.2, 0.25) is 0 Å². The number of aldehydes is 1. The summed E-state index contributed by atoms with van der Waals surface area (Å²) in [6, 6.07) is 3.66. The van der Waals surface area contributed by atoms with Gasteiger partial charge in [-0.2, -0.15) is 0 Å². The summed E-state index contributed by atoms with van der Waals surface area (Å²) in [5.74, 6) is 1.52. The SMILES string of the molecule is COc1ccc(OC)c(CCC=O)c1Br. The van der Waals surface area contributed by atoms with Gasteiger partial charge in [0.25, 0.3) is 0 Å². The number of halogens is 1. The molecule has 4 heteroatoms. The maximum Gasteiger partial charge on any atom is 0.133 e. The molecule has 0 amide bonds. The number of rotatable bonds is 5. The minimum Gasteiger partial charge on any atom is -0.496 e. The van der Waals surface area contributed by atoms with E-state index in [1.165, 1.54) is 0 Å². The quantitative estimate of drug-likeness (QED) is 0.773. The molecule has 0 atom stereocenters. The number of hydrogen-bond donors (Lipinski definition) is 0. The van der Waals surface area contributed by atoms with Crippen LogP contribution in [0.25, 0.3) is 0 Å². The van der Waals surface area contributed by atoms with E-state index in [1.807, 2.05) is 12.1 Å². The van der Waals surface area contributed by atoms with Crippen LogP contribution in [0.2, 0.25) is 0 Å². The summed E-state index contributed by atoms with van der Waals surface area (Å²) in [4.78, 5) is 10.4. The molecule has 1 aromatic carbocycles. The second-order valence-electron chi connectivity index (χ2n) is 2.97. The fourth-order valence-electron chi connectivity index (χ4n) is 1.37. The lowest BCUT2D eigenvalue weighted by atomic mass is 10.1. The Morgan fingerprint density at radius 2 is 1.87 bits per heavy atom. The van der Waals surface area contributed by atoms with Crippen molar-refractivity contribution in [3.8, 4) is 11.5 Å². The van der Waals surface area contributed by atoms with Crippen molar-refractivity contribution in [1.29, 1.82) is 0 Å². The van der Waals surface area contributed by atoms with Crippen LogP contribution in [-0.2, 0) is 11.2 Å². The van der Waals surface area contributed by atoms with Gasteiger partial charge in [0.1, 0.15) is 17.8 Å². The second kappa shape index (κ2) is 5.75. The van der Waals surface area contributed by atoms with E-state index >= 15 is 0 Å². The Kier molecular flexibility index (Phi) is 4.62. The highest BCUT2D eigenvalue weighted by Gasteiger charge is 2.11. The molecule has 0 bridgehead atoms. The van der Waals surface area contributed by atoms with Gasteiger partial charge in [0.15, 0.2) is 0 Å². The van der Waals surface area contributed by atoms with Crippen molar-refractivity contribution in [2.75, 3.05) is 14.2 Å². The fourth-order valence-corrected chi connectivity index (χ4v) is 2.05. The molecule has 0 N–H and O–H groups in total. The van der Waals surface area contributed by atoms with Gasteiger partial charge in [-0.1, -0.05) is 0 Å². The maximum absolute atomic E-state index is 10.4. The van der Waals surface area contributed by atoms with E-state index in [0.29, 0.717) is 12.8 Å². The van der Waals surface area contributed by atoms with Crippen LogP contribution >= 0.6 is 15.9 Å². The van der Waals surface area contributed by atoms with Crippen LogP contribution < -0.4 is 9.47 Å². The minimum atomic E-state index is 0.474. The van der Waals surface area contributed by atoms with Crippen LogP contribution in [0.15, 0.2) is 16.6 Å². The molecule has 0 aliphatic heterocycles. The van der Waals surface area contributed by atoms with Crippen molar-refractivity contribution in [2.24, 2.45) is 0 Å². The summed E-state index contributed by atoms with van der Waals surface area (Å²) in [6.07, 6.45) is 2.01. The third-order valence-electron chi connectivity index (χ3n) is 2.12. The zero-order chi connectivity index (χ0) is 11.3. The standard InChI is InChI=1S/C11H13BrO3/c1-14-9-5-6-10(15-2)11(12)8(9)4-3-7-13/h5-7H,3-4H2,1-2H3. The Morgan fingerprint density at radius 1 is 1.27 bits per heavy atom. The zero-order valence-corrected chi connectivity index (χ0v) is 10.3. The van der Waals surface area contributed by atoms with Crippen LogP contribution in [0.4, 0.5) is 0 Å². The van der Waals surface area contributed by atoms with Gasteiger partial charge in [0.05, 0.1) is 18.7 Å². The normalized spacial score (nSPS) is 9.80. The van der Waals surface area contributed by atoms with E-state index in [4.69, 9.17) is 9.47 Å². The predicted octanol–water partition coefficient (Wildman–Crippen LogP) is 2.60. The van der Waals surface area contributed by atoms with E-state index < -0.39 is 0 Å². The lowest BCUT2D eigenvalue weighted by Gasteiger charge is -2.12. The van der Waals surface area contributed by atoms with Crippen molar-refractivity contribution >= 4 is 22.2 Å². The third-order valence-corrected chi connectivity index (χ3v) is 2.99. The Bertz CT molecular complexity index is 350. The van der Waals surface area contributed by atoms with Crippen LogP contribution in [-0.4, -0.2) is 20.5 Å². The van der Waals surface area contributed by atoms with Crippen molar-refractivity contribution in [3.63, 3.8) is 0 Å². The molecule has 1 rings (SSSR count). The zero-order valence-electron chi connectivity index (χ0n) is 8.75. The molecule has 0 fully saturated rings. The first-order chi connectivity index (χ1) is 7.24. The predicted molar refractivity (Wildman–Crippen MR) is 61.6 cm³/mol. The van der Waals surface area contributed by atoms with Crippen LogP contribution in [0, 0.1) is 0 Å². The molecule has 3 nitrogen and oxygen atoms in total. The van der Waals surface area contributed by atoms with Crippen molar-refractivity contribution in [3.05, 3.63) is 22.2 Å². The molecular formula is C11H13BrO3. The third kappa shape index (κ3) is 2.72. The number of ether oxygens (including phenoxy) is 2. The molecule has 0 aromatic heterocycles. The summed E-state index contributed by atoms with van der Waals surface area (Å²) in [5, 5.41) is 0. The van der Waals surface area contributed by atoms with E-state index in [2.05, 4.69) is 15.9 Å². The Balaban J connectivity index is 3.10. The van der Waals surface area contributed by atoms with Crippen molar-refractivity contribution in [2.45, 2.75) is 12.8 Å². The highest BCUT2D eigenvalue weighted by molar-refractivity contribution is 9.10. The van der Waals surface area contributed by atoms with Gasteiger partial charge in [-0.25, -0.2) is 0 Å². The molecular weight excluding hydrogens is 260 g/mol. The summed E-state index contributed by atoms with van der Waals surface area (Å²) in [7, 11) is 3.22. The average Bonchev–Trinajstić information content (AvgIpc) is 2.27. The second-order valence-corrected chi connectivity index (χ2v) is 3.76. The smallest absolute Gasteiger partial charge is 0.133 e. The van der Waals surface area contributed by atoms with E-state index in [-0.39, 0.29) is 0 Å². The molecule has 0 radical (unpaired) electrons. The van der Waals surface area contributed by atoms with E-state index in [0.717, 1.165) is 27.8 Å². The van der Waals surface area contributed by atoms with Gasteiger partial charge >= 0.3 is 0 Å². The largest absolute Gasteiger partial charge is 0.496 e. The lowest BCUT2D eigenvalue weighted by Crippen LogP contribution is -1.96. The van der Waals surface area contributed by atoms with Gasteiger partial charge in [-0.15, -0.1) is 0 Å². The number of methoxy groups -OCH3 is 2. The summed E-state index contributed by atoms with van der Waals surface area (Å²) < 4.78 is 11.2. The van der Waals surface area contributed by atoms with Crippen molar-refractivity contribution in [1.82, 2.24) is 0 Å². The molecule has 0 heterocycles. The van der Waals surface area contributed by atoms with Crippen LogP contribution in [0.5, 0.6) is 11.5 Å². The Hall–Kier alpha value is -1.03. The molecule has 82 valence electrons. The summed E-state index contributed by atoms with van der Waals surface area (Å²) in [5.41, 5.74) is 0.962. The number of hydrogen-bond acceptors (Lipinski definition) is 3.